The lowest BCUT2D eigenvalue weighted by Gasteiger charge is -2.29. The summed E-state index contributed by atoms with van der Waals surface area (Å²) in [7, 11) is 0. The molecule has 1 aliphatic rings. The Kier molecular flexibility index (Phi) is 3.42. The molecule has 1 atom stereocenters. The number of amides is 1. The molecule has 0 aliphatic carbocycles. The summed E-state index contributed by atoms with van der Waals surface area (Å²) in [5.74, 6) is -0.583. The second kappa shape index (κ2) is 4.29. The van der Waals surface area contributed by atoms with Crippen LogP contribution >= 0.6 is 0 Å². The van der Waals surface area contributed by atoms with Gasteiger partial charge in [0.05, 0.1) is 6.61 Å². The lowest BCUT2D eigenvalue weighted by Crippen LogP contribution is -2.56. The predicted molar refractivity (Wildman–Crippen MR) is 55.2 cm³/mol. The molecule has 6 heteroatoms. The summed E-state index contributed by atoms with van der Waals surface area (Å²) in [6.07, 6.45) is -0.954. The first-order valence-electron chi connectivity index (χ1n) is 5.07. The fourth-order valence-corrected chi connectivity index (χ4v) is 1.46. The zero-order chi connectivity index (χ0) is 12.4. The first kappa shape index (κ1) is 12.8. The Morgan fingerprint density at radius 2 is 2.06 bits per heavy atom. The van der Waals surface area contributed by atoms with E-state index in [0.29, 0.717) is 13.0 Å². The molecule has 1 saturated heterocycles. The molecule has 92 valence electrons. The van der Waals surface area contributed by atoms with Crippen LogP contribution in [0.15, 0.2) is 0 Å². The van der Waals surface area contributed by atoms with Crippen molar-refractivity contribution in [1.82, 2.24) is 5.32 Å². The van der Waals surface area contributed by atoms with Crippen molar-refractivity contribution in [2.45, 2.75) is 38.3 Å². The van der Waals surface area contributed by atoms with E-state index < -0.39 is 23.2 Å². The molecule has 1 amide bonds. The van der Waals surface area contributed by atoms with Gasteiger partial charge < -0.3 is 19.9 Å². The molecule has 1 aliphatic heterocycles. The highest BCUT2D eigenvalue weighted by Gasteiger charge is 2.46. The van der Waals surface area contributed by atoms with Crippen LogP contribution in [0.4, 0.5) is 4.79 Å². The standard InChI is InChI=1S/C10H17NO5/c1-9(2,3)16-7(12)10(11-8(13)14)4-5-15-6-10/h11H,4-6H2,1-3H3,(H,13,14). The van der Waals surface area contributed by atoms with Crippen LogP contribution in [0, 0.1) is 0 Å². The molecule has 0 saturated carbocycles. The van der Waals surface area contributed by atoms with E-state index in [0.717, 1.165) is 0 Å². The minimum absolute atomic E-state index is 0.0220. The van der Waals surface area contributed by atoms with Gasteiger partial charge in [-0.2, -0.15) is 0 Å². The minimum Gasteiger partial charge on any atom is -0.465 e. The van der Waals surface area contributed by atoms with Gasteiger partial charge in [-0.05, 0) is 20.8 Å². The van der Waals surface area contributed by atoms with Crippen molar-refractivity contribution in [2.24, 2.45) is 0 Å². The number of nitrogens with one attached hydrogen (secondary N) is 1. The smallest absolute Gasteiger partial charge is 0.405 e. The maximum Gasteiger partial charge on any atom is 0.405 e. The van der Waals surface area contributed by atoms with Gasteiger partial charge in [0, 0.05) is 13.0 Å². The molecular weight excluding hydrogens is 214 g/mol. The van der Waals surface area contributed by atoms with Gasteiger partial charge in [0.25, 0.3) is 0 Å². The summed E-state index contributed by atoms with van der Waals surface area (Å²) in [6, 6.07) is 0. The summed E-state index contributed by atoms with van der Waals surface area (Å²) >= 11 is 0. The summed E-state index contributed by atoms with van der Waals surface area (Å²) in [5.41, 5.74) is -1.90. The molecule has 16 heavy (non-hydrogen) atoms. The van der Waals surface area contributed by atoms with Gasteiger partial charge >= 0.3 is 12.1 Å². The van der Waals surface area contributed by atoms with Gasteiger partial charge in [-0.15, -0.1) is 0 Å². The third-order valence-corrected chi connectivity index (χ3v) is 2.16. The van der Waals surface area contributed by atoms with Crippen LogP contribution in [0.2, 0.25) is 0 Å². The van der Waals surface area contributed by atoms with Crippen LogP contribution in [0.5, 0.6) is 0 Å². The van der Waals surface area contributed by atoms with E-state index in [9.17, 15) is 9.59 Å². The van der Waals surface area contributed by atoms with Gasteiger partial charge in [-0.25, -0.2) is 9.59 Å². The Bertz CT molecular complexity index is 288. The number of rotatable bonds is 2. The van der Waals surface area contributed by atoms with Crippen LogP contribution in [-0.4, -0.2) is 41.5 Å². The Labute approximate surface area is 93.9 Å². The topological polar surface area (TPSA) is 84.9 Å². The highest BCUT2D eigenvalue weighted by molar-refractivity contribution is 5.86. The highest BCUT2D eigenvalue weighted by atomic mass is 16.6. The first-order valence-corrected chi connectivity index (χ1v) is 5.07. The fraction of sp³-hybridized carbons (Fsp3) is 0.800. The number of carbonyl (C=O) groups excluding carboxylic acids is 1. The van der Waals surface area contributed by atoms with E-state index in [2.05, 4.69) is 5.32 Å². The lowest BCUT2D eigenvalue weighted by molar-refractivity contribution is -0.163. The van der Waals surface area contributed by atoms with E-state index in [1.165, 1.54) is 0 Å². The van der Waals surface area contributed by atoms with Crippen molar-refractivity contribution in [1.29, 1.82) is 0 Å². The molecular formula is C10H17NO5. The fourth-order valence-electron chi connectivity index (χ4n) is 1.46. The summed E-state index contributed by atoms with van der Waals surface area (Å²) in [4.78, 5) is 22.5. The van der Waals surface area contributed by atoms with E-state index in [-0.39, 0.29) is 6.61 Å². The molecule has 1 heterocycles. The van der Waals surface area contributed by atoms with Crippen molar-refractivity contribution in [3.63, 3.8) is 0 Å². The van der Waals surface area contributed by atoms with Gasteiger partial charge in [-0.3, -0.25) is 0 Å². The zero-order valence-electron chi connectivity index (χ0n) is 9.70. The third-order valence-electron chi connectivity index (χ3n) is 2.16. The van der Waals surface area contributed by atoms with Crippen LogP contribution < -0.4 is 5.32 Å². The molecule has 0 bridgehead atoms. The average Bonchev–Trinajstić information content (AvgIpc) is 2.49. The second-order valence-electron chi connectivity index (χ2n) is 4.82. The van der Waals surface area contributed by atoms with E-state index >= 15 is 0 Å². The highest BCUT2D eigenvalue weighted by Crippen LogP contribution is 2.23. The molecule has 1 rings (SSSR count). The molecule has 0 aromatic heterocycles. The number of esters is 1. The van der Waals surface area contributed by atoms with Crippen LogP contribution in [-0.2, 0) is 14.3 Å². The Balaban J connectivity index is 2.77. The molecule has 0 radical (unpaired) electrons. The molecule has 2 N–H and O–H groups in total. The van der Waals surface area contributed by atoms with Crippen molar-refractivity contribution < 1.29 is 24.2 Å². The summed E-state index contributed by atoms with van der Waals surface area (Å²) in [5, 5.41) is 10.9. The monoisotopic (exact) mass is 231 g/mol. The number of ether oxygens (including phenoxy) is 2. The van der Waals surface area contributed by atoms with E-state index in [4.69, 9.17) is 14.6 Å². The SMILES string of the molecule is CC(C)(C)OC(=O)C1(NC(=O)O)CCOC1. The lowest BCUT2D eigenvalue weighted by atomic mass is 9.99. The van der Waals surface area contributed by atoms with Crippen molar-refractivity contribution in [3.05, 3.63) is 0 Å². The Morgan fingerprint density at radius 1 is 1.44 bits per heavy atom. The number of hydrogen-bond donors (Lipinski definition) is 2. The Hall–Kier alpha value is -1.30. The molecule has 6 nitrogen and oxygen atoms in total. The predicted octanol–water partition coefficient (Wildman–Crippen LogP) is 0.755. The average molecular weight is 231 g/mol. The largest absolute Gasteiger partial charge is 0.465 e. The quantitative estimate of drug-likeness (QED) is 0.685. The van der Waals surface area contributed by atoms with Crippen LogP contribution in [0.1, 0.15) is 27.2 Å². The van der Waals surface area contributed by atoms with Crippen LogP contribution in [0.3, 0.4) is 0 Å². The number of carbonyl (C=O) groups is 2. The first-order chi connectivity index (χ1) is 7.25. The van der Waals surface area contributed by atoms with Gasteiger partial charge in [0.2, 0.25) is 0 Å². The number of carboxylic acid groups (broad SMARTS) is 1. The molecule has 1 fully saturated rings. The molecule has 0 aromatic rings. The van der Waals surface area contributed by atoms with Crippen molar-refractivity contribution in [3.8, 4) is 0 Å². The maximum absolute atomic E-state index is 11.9. The number of hydrogen-bond acceptors (Lipinski definition) is 4. The zero-order valence-corrected chi connectivity index (χ0v) is 9.70. The van der Waals surface area contributed by atoms with Gasteiger partial charge in [0.15, 0.2) is 5.54 Å². The van der Waals surface area contributed by atoms with Crippen molar-refractivity contribution >= 4 is 12.1 Å². The van der Waals surface area contributed by atoms with Gasteiger partial charge in [-0.1, -0.05) is 0 Å². The normalized spacial score (nSPS) is 25.2. The maximum atomic E-state index is 11.9. The van der Waals surface area contributed by atoms with Crippen molar-refractivity contribution in [2.75, 3.05) is 13.2 Å². The van der Waals surface area contributed by atoms with Crippen LogP contribution in [0.25, 0.3) is 0 Å². The van der Waals surface area contributed by atoms with E-state index in [1.807, 2.05) is 0 Å². The third kappa shape index (κ3) is 3.10. The summed E-state index contributed by atoms with van der Waals surface area (Å²) < 4.78 is 10.3. The molecule has 1 unspecified atom stereocenters. The summed E-state index contributed by atoms with van der Waals surface area (Å²) in [6.45, 7) is 5.56. The molecule has 0 aromatic carbocycles. The Morgan fingerprint density at radius 3 is 2.44 bits per heavy atom. The molecule has 0 spiro atoms. The van der Waals surface area contributed by atoms with E-state index in [1.54, 1.807) is 20.8 Å². The second-order valence-corrected chi connectivity index (χ2v) is 4.82. The minimum atomic E-state index is -1.25. The van der Waals surface area contributed by atoms with Gasteiger partial charge in [0.1, 0.15) is 5.60 Å².